The number of likely N-dealkylation sites (N-methyl/N-ethyl adjacent to an activating group) is 1. The van der Waals surface area contributed by atoms with Crippen LogP contribution in [-0.2, 0) is 16.8 Å². The largest absolute Gasteiger partial charge is 0.354 e. The molecular formula is C17H21N3OS. The van der Waals surface area contributed by atoms with Gasteiger partial charge in [0, 0.05) is 23.9 Å². The fourth-order valence-corrected chi connectivity index (χ4v) is 3.28. The highest BCUT2D eigenvalue weighted by molar-refractivity contribution is 7.07. The van der Waals surface area contributed by atoms with Crippen LogP contribution in [0.1, 0.15) is 24.1 Å². The van der Waals surface area contributed by atoms with Gasteiger partial charge in [-0.25, -0.2) is 4.98 Å². The van der Waals surface area contributed by atoms with Gasteiger partial charge in [0.2, 0.25) is 5.91 Å². The summed E-state index contributed by atoms with van der Waals surface area (Å²) in [4.78, 5) is 18.4. The van der Waals surface area contributed by atoms with Gasteiger partial charge in [-0.3, -0.25) is 9.69 Å². The van der Waals surface area contributed by atoms with E-state index in [-0.39, 0.29) is 11.3 Å². The third-order valence-corrected chi connectivity index (χ3v) is 4.83. The molecule has 1 amide bonds. The van der Waals surface area contributed by atoms with Crippen molar-refractivity contribution in [2.45, 2.75) is 24.8 Å². The van der Waals surface area contributed by atoms with E-state index in [0.29, 0.717) is 13.1 Å². The molecule has 0 spiro atoms. The molecular weight excluding hydrogens is 294 g/mol. The molecule has 0 aliphatic heterocycles. The summed E-state index contributed by atoms with van der Waals surface area (Å²) in [7, 11) is 1.95. The normalized spacial score (nSPS) is 15.7. The molecule has 2 aromatic rings. The minimum absolute atomic E-state index is 0.0833. The molecule has 1 N–H and O–H groups in total. The second-order valence-corrected chi connectivity index (χ2v) is 6.79. The number of benzene rings is 1. The molecule has 3 rings (SSSR count). The van der Waals surface area contributed by atoms with Gasteiger partial charge in [-0.05, 0) is 25.5 Å². The predicted molar refractivity (Wildman–Crippen MR) is 88.8 cm³/mol. The number of aromatic nitrogens is 1. The van der Waals surface area contributed by atoms with E-state index in [4.69, 9.17) is 0 Å². The zero-order valence-corrected chi connectivity index (χ0v) is 13.6. The fourth-order valence-electron chi connectivity index (χ4n) is 2.73. The van der Waals surface area contributed by atoms with Crippen LogP contribution in [0, 0.1) is 0 Å². The Labute approximate surface area is 135 Å². The smallest absolute Gasteiger partial charge is 0.234 e. The molecule has 0 radical (unpaired) electrons. The highest BCUT2D eigenvalue weighted by atomic mass is 32.1. The average Bonchev–Trinajstić information content (AvgIpc) is 3.16. The van der Waals surface area contributed by atoms with Crippen LogP contribution in [0.5, 0.6) is 0 Å². The molecule has 0 saturated heterocycles. The number of hydrogen-bond donors (Lipinski definition) is 1. The monoisotopic (exact) mass is 315 g/mol. The Morgan fingerprint density at radius 3 is 2.77 bits per heavy atom. The summed E-state index contributed by atoms with van der Waals surface area (Å²) < 4.78 is 0. The van der Waals surface area contributed by atoms with Crippen molar-refractivity contribution < 1.29 is 4.79 Å². The summed E-state index contributed by atoms with van der Waals surface area (Å²) >= 11 is 1.58. The van der Waals surface area contributed by atoms with Crippen molar-refractivity contribution >= 4 is 17.2 Å². The minimum Gasteiger partial charge on any atom is -0.354 e. The second kappa shape index (κ2) is 6.58. The van der Waals surface area contributed by atoms with Crippen LogP contribution in [0.3, 0.4) is 0 Å². The van der Waals surface area contributed by atoms with Crippen LogP contribution in [0.4, 0.5) is 0 Å². The van der Waals surface area contributed by atoms with E-state index in [1.807, 2.05) is 28.9 Å². The van der Waals surface area contributed by atoms with Gasteiger partial charge >= 0.3 is 0 Å². The van der Waals surface area contributed by atoms with E-state index in [1.54, 1.807) is 11.3 Å². The van der Waals surface area contributed by atoms with Crippen LogP contribution in [-0.4, -0.2) is 35.9 Å². The van der Waals surface area contributed by atoms with E-state index in [0.717, 1.165) is 25.1 Å². The molecule has 1 aromatic heterocycles. The SMILES string of the molecule is CN(CC(=O)NCC1(c2ccccc2)CC1)Cc1cscn1. The van der Waals surface area contributed by atoms with Gasteiger partial charge in [0.1, 0.15) is 0 Å². The standard InChI is InChI=1S/C17H21N3OS/c1-20(9-15-11-22-13-19-15)10-16(21)18-12-17(7-8-17)14-5-3-2-4-6-14/h2-6,11,13H,7-10,12H2,1H3,(H,18,21). The lowest BCUT2D eigenvalue weighted by atomic mass is 9.96. The number of hydrogen-bond acceptors (Lipinski definition) is 4. The summed E-state index contributed by atoms with van der Waals surface area (Å²) in [5, 5.41) is 5.11. The molecule has 22 heavy (non-hydrogen) atoms. The van der Waals surface area contributed by atoms with Crippen LogP contribution in [0.25, 0.3) is 0 Å². The molecule has 1 fully saturated rings. The highest BCUT2D eigenvalue weighted by Crippen LogP contribution is 2.47. The van der Waals surface area contributed by atoms with Crippen molar-refractivity contribution in [3.05, 3.63) is 52.5 Å². The second-order valence-electron chi connectivity index (χ2n) is 6.08. The number of amides is 1. The Bertz CT molecular complexity index is 608. The first-order valence-corrected chi connectivity index (χ1v) is 8.50. The van der Waals surface area contributed by atoms with Gasteiger partial charge in [0.25, 0.3) is 0 Å². The fraction of sp³-hybridized carbons (Fsp3) is 0.412. The molecule has 0 atom stereocenters. The zero-order valence-electron chi connectivity index (χ0n) is 12.8. The van der Waals surface area contributed by atoms with E-state index in [9.17, 15) is 4.79 Å². The van der Waals surface area contributed by atoms with Crippen molar-refractivity contribution in [3.63, 3.8) is 0 Å². The first-order chi connectivity index (χ1) is 10.7. The number of nitrogens with one attached hydrogen (secondary N) is 1. The molecule has 0 bridgehead atoms. The highest BCUT2D eigenvalue weighted by Gasteiger charge is 2.44. The lowest BCUT2D eigenvalue weighted by molar-refractivity contribution is -0.122. The molecule has 4 nitrogen and oxygen atoms in total. The van der Waals surface area contributed by atoms with Crippen LogP contribution in [0.2, 0.25) is 0 Å². The summed E-state index contributed by atoms with van der Waals surface area (Å²) in [6.45, 7) is 1.85. The molecule has 0 unspecified atom stereocenters. The first-order valence-electron chi connectivity index (χ1n) is 7.56. The van der Waals surface area contributed by atoms with Gasteiger partial charge in [-0.15, -0.1) is 11.3 Å². The van der Waals surface area contributed by atoms with E-state index < -0.39 is 0 Å². The van der Waals surface area contributed by atoms with Crippen LogP contribution in [0.15, 0.2) is 41.2 Å². The quantitative estimate of drug-likeness (QED) is 0.853. The molecule has 5 heteroatoms. The van der Waals surface area contributed by atoms with Crippen molar-refractivity contribution in [2.75, 3.05) is 20.1 Å². The number of nitrogens with zero attached hydrogens (tertiary/aromatic N) is 2. The van der Waals surface area contributed by atoms with Gasteiger partial charge in [-0.1, -0.05) is 30.3 Å². The van der Waals surface area contributed by atoms with Crippen LogP contribution < -0.4 is 5.32 Å². The lowest BCUT2D eigenvalue weighted by Gasteiger charge is -2.19. The minimum atomic E-state index is 0.0833. The van der Waals surface area contributed by atoms with Crippen molar-refractivity contribution in [2.24, 2.45) is 0 Å². The number of carbonyl (C=O) groups is 1. The Hall–Kier alpha value is -1.72. The Balaban J connectivity index is 1.46. The predicted octanol–water partition coefficient (Wildman–Crippen LogP) is 2.42. The van der Waals surface area contributed by atoms with E-state index >= 15 is 0 Å². The Morgan fingerprint density at radius 1 is 1.36 bits per heavy atom. The van der Waals surface area contributed by atoms with Gasteiger partial charge in [0.05, 0.1) is 17.7 Å². The van der Waals surface area contributed by atoms with Crippen molar-refractivity contribution in [1.29, 1.82) is 0 Å². The Morgan fingerprint density at radius 2 is 2.14 bits per heavy atom. The van der Waals surface area contributed by atoms with Crippen molar-refractivity contribution in [1.82, 2.24) is 15.2 Å². The molecule has 1 heterocycles. The maximum absolute atomic E-state index is 12.1. The van der Waals surface area contributed by atoms with Gasteiger partial charge in [-0.2, -0.15) is 0 Å². The summed E-state index contributed by atoms with van der Waals surface area (Å²) in [6, 6.07) is 10.5. The average molecular weight is 315 g/mol. The van der Waals surface area contributed by atoms with Crippen molar-refractivity contribution in [3.8, 4) is 0 Å². The van der Waals surface area contributed by atoms with Gasteiger partial charge in [0.15, 0.2) is 0 Å². The van der Waals surface area contributed by atoms with E-state index in [1.165, 1.54) is 5.56 Å². The topological polar surface area (TPSA) is 45.2 Å². The maximum Gasteiger partial charge on any atom is 0.234 e. The molecule has 1 aromatic carbocycles. The summed E-state index contributed by atoms with van der Waals surface area (Å²) in [5.41, 5.74) is 4.35. The third-order valence-electron chi connectivity index (χ3n) is 4.19. The molecule has 1 aliphatic rings. The number of thiazole rings is 1. The summed E-state index contributed by atoms with van der Waals surface area (Å²) in [6.07, 6.45) is 2.32. The first kappa shape index (κ1) is 15.2. The molecule has 1 saturated carbocycles. The summed E-state index contributed by atoms with van der Waals surface area (Å²) in [5.74, 6) is 0.0833. The number of rotatable bonds is 7. The lowest BCUT2D eigenvalue weighted by Crippen LogP contribution is -2.38. The number of carbonyl (C=O) groups excluding carboxylic acids is 1. The molecule has 1 aliphatic carbocycles. The maximum atomic E-state index is 12.1. The Kier molecular flexibility index (Phi) is 4.55. The van der Waals surface area contributed by atoms with Gasteiger partial charge < -0.3 is 5.32 Å². The van der Waals surface area contributed by atoms with E-state index in [2.05, 4.69) is 34.6 Å². The third kappa shape index (κ3) is 3.72. The zero-order chi connectivity index (χ0) is 15.4. The van der Waals surface area contributed by atoms with Crippen LogP contribution >= 0.6 is 11.3 Å². The molecule has 116 valence electrons.